The third-order valence-corrected chi connectivity index (χ3v) is 2.63. The molecule has 0 saturated heterocycles. The number of nitrogens with zero attached hydrogens (tertiary/aromatic N) is 1. The van der Waals surface area contributed by atoms with Crippen molar-refractivity contribution in [3.8, 4) is 0 Å². The average Bonchev–Trinajstić information content (AvgIpc) is 2.46. The van der Waals surface area contributed by atoms with Crippen molar-refractivity contribution in [3.63, 3.8) is 0 Å². The molecule has 0 aliphatic heterocycles. The summed E-state index contributed by atoms with van der Waals surface area (Å²) >= 11 is 0. The minimum atomic E-state index is -0.0973. The summed E-state index contributed by atoms with van der Waals surface area (Å²) in [5, 5.41) is 0. The van der Waals surface area contributed by atoms with E-state index >= 15 is 0 Å². The summed E-state index contributed by atoms with van der Waals surface area (Å²) < 4.78 is 0. The van der Waals surface area contributed by atoms with Crippen molar-refractivity contribution in [2.24, 2.45) is 0 Å². The zero-order chi connectivity index (χ0) is 12.8. The molecule has 90 valence electrons. The Hall–Kier alpha value is -2.29. The highest BCUT2D eigenvalue weighted by Crippen LogP contribution is 2.08. The quantitative estimate of drug-likeness (QED) is 0.754. The van der Waals surface area contributed by atoms with Gasteiger partial charge in [0.1, 0.15) is 5.69 Å². The molecule has 3 heteroatoms. The van der Waals surface area contributed by atoms with Crippen LogP contribution in [-0.2, 0) is 0 Å². The molecule has 2 rings (SSSR count). The molecule has 1 aromatic heterocycles. The van der Waals surface area contributed by atoms with Crippen molar-refractivity contribution in [3.05, 3.63) is 66.0 Å². The van der Waals surface area contributed by atoms with Crippen LogP contribution in [0.1, 0.15) is 33.7 Å². The number of pyridine rings is 1. The fraction of sp³-hybridized carbons (Fsp3) is 0.133. The number of Topliss-reactive ketones (excluding diaryl/α,β-unsaturated/α-hetero) is 2. The summed E-state index contributed by atoms with van der Waals surface area (Å²) in [6.07, 6.45) is 2.00. The van der Waals surface area contributed by atoms with E-state index in [1.165, 1.54) is 0 Å². The molecule has 18 heavy (non-hydrogen) atoms. The number of rotatable bonds is 5. The van der Waals surface area contributed by atoms with E-state index in [2.05, 4.69) is 4.98 Å². The van der Waals surface area contributed by atoms with Gasteiger partial charge in [0, 0.05) is 24.6 Å². The second-order valence-corrected chi connectivity index (χ2v) is 3.93. The number of benzene rings is 1. The molecule has 0 unspecified atom stereocenters. The van der Waals surface area contributed by atoms with Crippen LogP contribution in [0.15, 0.2) is 54.7 Å². The summed E-state index contributed by atoms with van der Waals surface area (Å²) in [4.78, 5) is 27.5. The highest BCUT2D eigenvalue weighted by atomic mass is 16.1. The van der Waals surface area contributed by atoms with Gasteiger partial charge in [-0.3, -0.25) is 14.6 Å². The Balaban J connectivity index is 1.93. The molecular formula is C15H13NO2. The van der Waals surface area contributed by atoms with Crippen molar-refractivity contribution in [2.75, 3.05) is 0 Å². The maximum atomic E-state index is 11.8. The van der Waals surface area contributed by atoms with Gasteiger partial charge in [-0.2, -0.15) is 0 Å². The second-order valence-electron chi connectivity index (χ2n) is 3.93. The van der Waals surface area contributed by atoms with E-state index in [1.807, 2.05) is 18.2 Å². The van der Waals surface area contributed by atoms with Crippen LogP contribution in [0.3, 0.4) is 0 Å². The number of carbonyl (C=O) groups is 2. The van der Waals surface area contributed by atoms with Gasteiger partial charge in [-0.25, -0.2) is 0 Å². The Morgan fingerprint density at radius 2 is 1.50 bits per heavy atom. The first-order valence-electron chi connectivity index (χ1n) is 5.80. The van der Waals surface area contributed by atoms with Crippen molar-refractivity contribution in [2.45, 2.75) is 12.8 Å². The van der Waals surface area contributed by atoms with Crippen LogP contribution in [0.25, 0.3) is 0 Å². The third-order valence-electron chi connectivity index (χ3n) is 2.63. The van der Waals surface area contributed by atoms with E-state index in [0.29, 0.717) is 11.3 Å². The highest BCUT2D eigenvalue weighted by Gasteiger charge is 2.11. The van der Waals surface area contributed by atoms with Gasteiger partial charge in [-0.15, -0.1) is 0 Å². The normalized spacial score (nSPS) is 10.0. The first-order chi connectivity index (χ1) is 8.77. The van der Waals surface area contributed by atoms with Crippen LogP contribution in [0.5, 0.6) is 0 Å². The predicted octanol–water partition coefficient (Wildman–Crippen LogP) is 2.93. The predicted molar refractivity (Wildman–Crippen MR) is 68.6 cm³/mol. The van der Waals surface area contributed by atoms with Crippen molar-refractivity contribution >= 4 is 11.6 Å². The zero-order valence-corrected chi connectivity index (χ0v) is 9.87. The van der Waals surface area contributed by atoms with Crippen LogP contribution in [0, 0.1) is 0 Å². The summed E-state index contributed by atoms with van der Waals surface area (Å²) in [5.41, 5.74) is 1.06. The standard InChI is InChI=1S/C15H13NO2/c17-14(12-6-2-1-3-7-12)9-10-15(18)13-8-4-5-11-16-13/h1-8,11H,9-10H2. The molecule has 0 atom stereocenters. The minimum absolute atomic E-state index is 0.0140. The first kappa shape index (κ1) is 12.2. The zero-order valence-electron chi connectivity index (χ0n) is 9.87. The molecule has 0 aliphatic rings. The van der Waals surface area contributed by atoms with Gasteiger partial charge in [-0.05, 0) is 12.1 Å². The molecular weight excluding hydrogens is 226 g/mol. The number of hydrogen-bond donors (Lipinski definition) is 0. The molecule has 0 radical (unpaired) electrons. The molecule has 0 saturated carbocycles. The number of hydrogen-bond acceptors (Lipinski definition) is 3. The second kappa shape index (κ2) is 5.87. The van der Waals surface area contributed by atoms with E-state index < -0.39 is 0 Å². The molecule has 2 aromatic rings. The summed E-state index contributed by atoms with van der Waals surface area (Å²) in [6.45, 7) is 0. The van der Waals surface area contributed by atoms with Gasteiger partial charge in [0.2, 0.25) is 0 Å². The first-order valence-corrected chi connectivity index (χ1v) is 5.80. The number of carbonyl (C=O) groups excluding carboxylic acids is 2. The van der Waals surface area contributed by atoms with Crippen LogP contribution in [-0.4, -0.2) is 16.6 Å². The Morgan fingerprint density at radius 3 is 2.17 bits per heavy atom. The lowest BCUT2D eigenvalue weighted by Gasteiger charge is -2.00. The van der Waals surface area contributed by atoms with E-state index in [1.54, 1.807) is 36.5 Å². The maximum Gasteiger partial charge on any atom is 0.181 e. The third kappa shape index (κ3) is 3.10. The monoisotopic (exact) mass is 239 g/mol. The Labute approximate surface area is 105 Å². The van der Waals surface area contributed by atoms with Gasteiger partial charge < -0.3 is 0 Å². The maximum absolute atomic E-state index is 11.8. The fourth-order valence-corrected chi connectivity index (χ4v) is 1.65. The lowest BCUT2D eigenvalue weighted by molar-refractivity contribution is 0.0915. The van der Waals surface area contributed by atoms with Gasteiger partial charge >= 0.3 is 0 Å². The van der Waals surface area contributed by atoms with E-state index in [9.17, 15) is 9.59 Å². The Kier molecular flexibility index (Phi) is 3.97. The van der Waals surface area contributed by atoms with Gasteiger partial charge in [-0.1, -0.05) is 36.4 Å². The lowest BCUT2D eigenvalue weighted by Crippen LogP contribution is -2.06. The minimum Gasteiger partial charge on any atom is -0.294 e. The molecule has 0 spiro atoms. The fourth-order valence-electron chi connectivity index (χ4n) is 1.65. The van der Waals surface area contributed by atoms with E-state index in [4.69, 9.17) is 0 Å². The van der Waals surface area contributed by atoms with Crippen molar-refractivity contribution < 1.29 is 9.59 Å². The topological polar surface area (TPSA) is 47.0 Å². The molecule has 0 N–H and O–H groups in total. The Bertz CT molecular complexity index is 483. The molecule has 1 aromatic carbocycles. The Morgan fingerprint density at radius 1 is 0.833 bits per heavy atom. The summed E-state index contributed by atoms with van der Waals surface area (Å²) in [7, 11) is 0. The van der Waals surface area contributed by atoms with Crippen LogP contribution < -0.4 is 0 Å². The van der Waals surface area contributed by atoms with E-state index in [-0.39, 0.29) is 24.4 Å². The SMILES string of the molecule is O=C(CCC(=O)c1ccccn1)c1ccccc1. The van der Waals surface area contributed by atoms with Gasteiger partial charge in [0.15, 0.2) is 11.6 Å². The molecule has 0 amide bonds. The van der Waals surface area contributed by atoms with E-state index in [0.717, 1.165) is 0 Å². The van der Waals surface area contributed by atoms with Gasteiger partial charge in [0.25, 0.3) is 0 Å². The largest absolute Gasteiger partial charge is 0.294 e. The molecule has 3 nitrogen and oxygen atoms in total. The van der Waals surface area contributed by atoms with Crippen LogP contribution in [0.4, 0.5) is 0 Å². The summed E-state index contributed by atoms with van der Waals surface area (Å²) in [6, 6.07) is 14.2. The number of aromatic nitrogens is 1. The highest BCUT2D eigenvalue weighted by molar-refractivity contribution is 6.01. The average molecular weight is 239 g/mol. The van der Waals surface area contributed by atoms with Crippen LogP contribution in [0.2, 0.25) is 0 Å². The van der Waals surface area contributed by atoms with Crippen molar-refractivity contribution in [1.29, 1.82) is 0 Å². The lowest BCUT2D eigenvalue weighted by atomic mass is 10.0. The van der Waals surface area contributed by atoms with Gasteiger partial charge in [0.05, 0.1) is 0 Å². The molecule has 0 aliphatic carbocycles. The molecule has 1 heterocycles. The summed E-state index contributed by atoms with van der Waals surface area (Å²) in [5.74, 6) is -0.111. The smallest absolute Gasteiger partial charge is 0.181 e. The number of ketones is 2. The van der Waals surface area contributed by atoms with Crippen LogP contribution >= 0.6 is 0 Å². The van der Waals surface area contributed by atoms with Crippen molar-refractivity contribution in [1.82, 2.24) is 4.98 Å². The molecule has 0 bridgehead atoms. The molecule has 0 fully saturated rings.